The predicted molar refractivity (Wildman–Crippen MR) is 114 cm³/mol. The normalized spacial score (nSPS) is 19.9. The molecule has 8 heteroatoms. The van der Waals surface area contributed by atoms with Crippen molar-refractivity contribution in [3.8, 4) is 5.75 Å². The van der Waals surface area contributed by atoms with Crippen LogP contribution in [0.5, 0.6) is 5.75 Å². The van der Waals surface area contributed by atoms with Gasteiger partial charge in [0.25, 0.3) is 11.8 Å². The summed E-state index contributed by atoms with van der Waals surface area (Å²) in [5.74, 6) is -0.205. The Morgan fingerprint density at radius 2 is 2.07 bits per heavy atom. The van der Waals surface area contributed by atoms with Crippen molar-refractivity contribution in [3.05, 3.63) is 53.9 Å². The summed E-state index contributed by atoms with van der Waals surface area (Å²) in [7, 11) is 1.84. The lowest BCUT2D eigenvalue weighted by Crippen LogP contribution is -2.49. The van der Waals surface area contributed by atoms with Crippen molar-refractivity contribution >= 4 is 17.5 Å². The number of aliphatic hydroxyl groups excluding tert-OH is 1. The van der Waals surface area contributed by atoms with Crippen LogP contribution >= 0.6 is 0 Å². The summed E-state index contributed by atoms with van der Waals surface area (Å²) >= 11 is 0. The van der Waals surface area contributed by atoms with Crippen LogP contribution in [0.4, 0.5) is 5.69 Å². The second kappa shape index (κ2) is 9.69. The van der Waals surface area contributed by atoms with Crippen molar-refractivity contribution < 1.29 is 19.4 Å². The molecule has 0 bridgehead atoms. The monoisotopic (exact) mass is 412 g/mol. The Morgan fingerprint density at radius 1 is 1.33 bits per heavy atom. The fourth-order valence-electron chi connectivity index (χ4n) is 3.48. The van der Waals surface area contributed by atoms with Crippen LogP contribution in [-0.2, 0) is 0 Å². The van der Waals surface area contributed by atoms with Crippen LogP contribution in [0.25, 0.3) is 0 Å². The molecule has 0 saturated carbocycles. The molecule has 30 heavy (non-hydrogen) atoms. The summed E-state index contributed by atoms with van der Waals surface area (Å²) in [6.45, 7) is 4.72. The molecule has 0 unspecified atom stereocenters. The van der Waals surface area contributed by atoms with Gasteiger partial charge in [-0.05, 0) is 38.2 Å². The van der Waals surface area contributed by atoms with Crippen molar-refractivity contribution in [1.29, 1.82) is 0 Å². The quantitative estimate of drug-likeness (QED) is 0.668. The van der Waals surface area contributed by atoms with E-state index >= 15 is 0 Å². The summed E-state index contributed by atoms with van der Waals surface area (Å²) in [6, 6.07) is 8.00. The number of nitrogens with one attached hydrogen (secondary N) is 2. The molecule has 0 spiro atoms. The lowest BCUT2D eigenvalue weighted by molar-refractivity contribution is 0.0417. The van der Waals surface area contributed by atoms with Crippen molar-refractivity contribution in [2.75, 3.05) is 32.1 Å². The summed E-state index contributed by atoms with van der Waals surface area (Å²) in [5, 5.41) is 15.7. The van der Waals surface area contributed by atoms with E-state index < -0.39 is 0 Å². The molecule has 8 nitrogen and oxygen atoms in total. The lowest BCUT2D eigenvalue weighted by atomic mass is 9.99. The van der Waals surface area contributed by atoms with E-state index in [1.807, 2.05) is 20.9 Å². The second-order valence-corrected chi connectivity index (χ2v) is 7.55. The number of nitrogens with zero attached hydrogens (tertiary/aromatic N) is 2. The average Bonchev–Trinajstić information content (AvgIpc) is 2.76. The number of anilines is 1. The molecule has 1 aliphatic heterocycles. The molecule has 0 aliphatic carbocycles. The summed E-state index contributed by atoms with van der Waals surface area (Å²) in [5.41, 5.74) is 1.24. The molecule has 3 atom stereocenters. The Hall–Kier alpha value is -2.97. The van der Waals surface area contributed by atoms with Crippen molar-refractivity contribution in [1.82, 2.24) is 15.2 Å². The minimum atomic E-state index is -0.337. The Kier molecular flexibility index (Phi) is 7.02. The summed E-state index contributed by atoms with van der Waals surface area (Å²) in [6.07, 6.45) is 2.86. The maximum absolute atomic E-state index is 13.3. The van der Waals surface area contributed by atoms with E-state index in [0.29, 0.717) is 35.7 Å². The van der Waals surface area contributed by atoms with E-state index in [2.05, 4.69) is 15.6 Å². The van der Waals surface area contributed by atoms with Gasteiger partial charge in [0, 0.05) is 37.0 Å². The molecule has 160 valence electrons. The van der Waals surface area contributed by atoms with Gasteiger partial charge in [0.2, 0.25) is 0 Å². The molecule has 3 N–H and O–H groups in total. The topological polar surface area (TPSA) is 104 Å². The first-order valence-electron chi connectivity index (χ1n) is 10.0. The molecule has 1 aromatic heterocycles. The minimum Gasteiger partial charge on any atom is -0.486 e. The number of hydrogen-bond acceptors (Lipinski definition) is 6. The highest BCUT2D eigenvalue weighted by atomic mass is 16.5. The third kappa shape index (κ3) is 4.60. The molecule has 0 fully saturated rings. The van der Waals surface area contributed by atoms with Gasteiger partial charge in [0.05, 0.1) is 23.9 Å². The molecule has 2 heterocycles. The van der Waals surface area contributed by atoms with Gasteiger partial charge >= 0.3 is 0 Å². The molecular weight excluding hydrogens is 384 g/mol. The summed E-state index contributed by atoms with van der Waals surface area (Å²) in [4.78, 5) is 31.6. The second-order valence-electron chi connectivity index (χ2n) is 7.55. The number of carbonyl (C=O) groups is 2. The van der Waals surface area contributed by atoms with E-state index in [1.165, 1.54) is 0 Å². The van der Waals surface area contributed by atoms with Crippen LogP contribution in [0.3, 0.4) is 0 Å². The maximum atomic E-state index is 13.3. The number of para-hydroxylation sites is 1. The van der Waals surface area contributed by atoms with Gasteiger partial charge in [-0.15, -0.1) is 0 Å². The number of benzene rings is 1. The maximum Gasteiger partial charge on any atom is 0.258 e. The third-order valence-corrected chi connectivity index (χ3v) is 5.29. The number of rotatable bonds is 6. The number of pyridine rings is 1. The molecule has 2 aromatic rings. The molecule has 1 aliphatic rings. The number of likely N-dealkylation sites (N-methyl/N-ethyl adjacent to an activating group) is 1. The largest absolute Gasteiger partial charge is 0.486 e. The lowest BCUT2D eigenvalue weighted by Gasteiger charge is -2.37. The van der Waals surface area contributed by atoms with Gasteiger partial charge in [0.15, 0.2) is 5.75 Å². The number of aromatic nitrogens is 1. The van der Waals surface area contributed by atoms with Gasteiger partial charge in [-0.3, -0.25) is 14.6 Å². The summed E-state index contributed by atoms with van der Waals surface area (Å²) < 4.78 is 6.29. The first-order valence-corrected chi connectivity index (χ1v) is 10.0. The van der Waals surface area contributed by atoms with Crippen LogP contribution in [0.2, 0.25) is 0 Å². The number of carbonyl (C=O) groups excluding carboxylic acids is 2. The Balaban J connectivity index is 2.03. The Bertz CT molecular complexity index is 890. The van der Waals surface area contributed by atoms with E-state index in [1.54, 1.807) is 47.6 Å². The standard InChI is InChI=1S/C22H28N4O4/c1-14-12-26(15(2)13-27)22(29)17-5-4-6-18(20(17)30-19(14)11-23-3)25-21(28)16-7-9-24-10-8-16/h4-10,14-15,19,23,27H,11-13H2,1-3H3,(H,25,28)/t14-,15-,19+/m1/s1. The first kappa shape index (κ1) is 21.7. The molecule has 1 aromatic carbocycles. The highest BCUT2D eigenvalue weighted by molar-refractivity contribution is 6.07. The zero-order chi connectivity index (χ0) is 21.7. The molecule has 2 amide bonds. The first-order chi connectivity index (χ1) is 14.5. The zero-order valence-corrected chi connectivity index (χ0v) is 17.5. The number of amides is 2. The van der Waals surface area contributed by atoms with E-state index in [-0.39, 0.29) is 36.5 Å². The number of ether oxygens (including phenoxy) is 1. The SMILES string of the molecule is CNC[C@@H]1Oc2c(NC(=O)c3ccncc3)cccc2C(=O)N([C@H](C)CO)C[C@H]1C. The number of aliphatic hydroxyl groups is 1. The number of hydrogen-bond donors (Lipinski definition) is 3. The molecule has 0 radical (unpaired) electrons. The van der Waals surface area contributed by atoms with Crippen LogP contribution < -0.4 is 15.4 Å². The minimum absolute atomic E-state index is 0.00695. The smallest absolute Gasteiger partial charge is 0.258 e. The Labute approximate surface area is 176 Å². The fraction of sp³-hybridized carbons (Fsp3) is 0.409. The van der Waals surface area contributed by atoms with E-state index in [0.717, 1.165) is 0 Å². The van der Waals surface area contributed by atoms with Gasteiger partial charge in [0.1, 0.15) is 6.10 Å². The average molecular weight is 412 g/mol. The highest BCUT2D eigenvalue weighted by Gasteiger charge is 2.33. The van der Waals surface area contributed by atoms with Gasteiger partial charge in [-0.1, -0.05) is 13.0 Å². The predicted octanol–water partition coefficient (Wildman–Crippen LogP) is 1.77. The third-order valence-electron chi connectivity index (χ3n) is 5.29. The molecule has 3 rings (SSSR count). The van der Waals surface area contributed by atoms with Crippen molar-refractivity contribution in [2.24, 2.45) is 5.92 Å². The number of fused-ring (bicyclic) bond motifs is 1. The highest BCUT2D eigenvalue weighted by Crippen LogP contribution is 2.34. The van der Waals surface area contributed by atoms with E-state index in [4.69, 9.17) is 4.74 Å². The molecule has 0 saturated heterocycles. The van der Waals surface area contributed by atoms with Crippen molar-refractivity contribution in [2.45, 2.75) is 26.0 Å². The van der Waals surface area contributed by atoms with Crippen molar-refractivity contribution in [3.63, 3.8) is 0 Å². The van der Waals surface area contributed by atoms with Gasteiger partial charge in [-0.25, -0.2) is 0 Å². The fourth-order valence-corrected chi connectivity index (χ4v) is 3.48. The molecular formula is C22H28N4O4. The van der Waals surface area contributed by atoms with Crippen LogP contribution in [-0.4, -0.2) is 65.7 Å². The van der Waals surface area contributed by atoms with E-state index in [9.17, 15) is 14.7 Å². The van der Waals surface area contributed by atoms with Gasteiger partial charge in [-0.2, -0.15) is 0 Å². The van der Waals surface area contributed by atoms with Crippen LogP contribution in [0.1, 0.15) is 34.6 Å². The van der Waals surface area contributed by atoms with Crippen LogP contribution in [0.15, 0.2) is 42.7 Å². The zero-order valence-electron chi connectivity index (χ0n) is 17.5. The van der Waals surface area contributed by atoms with Crippen LogP contribution in [0, 0.1) is 5.92 Å². The Morgan fingerprint density at radius 3 is 2.73 bits per heavy atom. The van der Waals surface area contributed by atoms with Gasteiger partial charge < -0.3 is 25.4 Å².